The first-order valence-corrected chi connectivity index (χ1v) is 10.2. The first kappa shape index (κ1) is 22.9. The molecular weight excluding hydrogens is 380 g/mol. The molecule has 0 aliphatic carbocycles. The quantitative estimate of drug-likeness (QED) is 0.447. The third-order valence-electron chi connectivity index (χ3n) is 4.35. The summed E-state index contributed by atoms with van der Waals surface area (Å²) in [4.78, 5) is 36.0. The highest BCUT2D eigenvalue weighted by atomic mass is 16.2. The molecule has 0 fully saturated rings. The molecule has 2 aromatic carbocycles. The minimum absolute atomic E-state index is 0.0740. The number of hydrogen-bond acceptors (Lipinski definition) is 4. The van der Waals surface area contributed by atoms with E-state index in [9.17, 15) is 14.4 Å². The fourth-order valence-electron chi connectivity index (χ4n) is 2.57. The summed E-state index contributed by atoms with van der Waals surface area (Å²) < 4.78 is 0. The highest BCUT2D eigenvalue weighted by Crippen LogP contribution is 2.16. The van der Waals surface area contributed by atoms with E-state index in [2.05, 4.69) is 28.2 Å². The van der Waals surface area contributed by atoms with Gasteiger partial charge < -0.3 is 21.3 Å². The fourth-order valence-corrected chi connectivity index (χ4v) is 2.57. The van der Waals surface area contributed by atoms with E-state index >= 15 is 0 Å². The van der Waals surface area contributed by atoms with Gasteiger partial charge in [0.25, 0.3) is 5.91 Å². The molecule has 0 heterocycles. The maximum atomic E-state index is 12.2. The lowest BCUT2D eigenvalue weighted by Crippen LogP contribution is -2.24. The summed E-state index contributed by atoms with van der Waals surface area (Å²) in [6, 6.07) is 14.0. The number of carbonyl (C=O) groups excluding carboxylic acids is 3. The maximum absolute atomic E-state index is 12.2. The normalized spacial score (nSPS) is 10.4. The van der Waals surface area contributed by atoms with Gasteiger partial charge >= 0.3 is 0 Å². The van der Waals surface area contributed by atoms with Crippen LogP contribution in [0.15, 0.2) is 48.5 Å². The van der Waals surface area contributed by atoms with E-state index in [0.717, 1.165) is 18.5 Å². The smallest absolute Gasteiger partial charge is 0.251 e. The zero-order valence-electron chi connectivity index (χ0n) is 17.7. The second-order valence-corrected chi connectivity index (χ2v) is 7.31. The molecule has 7 heteroatoms. The van der Waals surface area contributed by atoms with Gasteiger partial charge in [0, 0.05) is 35.1 Å². The molecule has 0 atom stereocenters. The Morgan fingerprint density at radius 1 is 0.900 bits per heavy atom. The zero-order chi connectivity index (χ0) is 21.9. The molecule has 2 aromatic rings. The average molecular weight is 411 g/mol. The Balaban J connectivity index is 1.83. The van der Waals surface area contributed by atoms with E-state index in [1.54, 1.807) is 48.5 Å². The third-order valence-corrected chi connectivity index (χ3v) is 4.35. The van der Waals surface area contributed by atoms with Crippen LogP contribution in [0.1, 0.15) is 44.0 Å². The van der Waals surface area contributed by atoms with E-state index in [1.807, 2.05) is 13.8 Å². The van der Waals surface area contributed by atoms with Crippen molar-refractivity contribution < 1.29 is 14.4 Å². The van der Waals surface area contributed by atoms with Gasteiger partial charge in [0.15, 0.2) is 0 Å². The molecule has 30 heavy (non-hydrogen) atoms. The summed E-state index contributed by atoms with van der Waals surface area (Å²) in [6.45, 7) is 6.45. The van der Waals surface area contributed by atoms with Crippen molar-refractivity contribution in [3.63, 3.8) is 0 Å². The molecule has 0 aliphatic heterocycles. The van der Waals surface area contributed by atoms with Crippen LogP contribution in [0.25, 0.3) is 0 Å². The number of carbonyl (C=O) groups is 3. The van der Waals surface area contributed by atoms with E-state index in [0.29, 0.717) is 23.5 Å². The predicted octanol–water partition coefficient (Wildman–Crippen LogP) is 3.86. The molecule has 7 nitrogen and oxygen atoms in total. The van der Waals surface area contributed by atoms with Crippen LogP contribution in [0.2, 0.25) is 0 Å². The number of benzene rings is 2. The Hall–Kier alpha value is -3.35. The van der Waals surface area contributed by atoms with Crippen LogP contribution in [-0.4, -0.2) is 30.8 Å². The van der Waals surface area contributed by atoms with Crippen molar-refractivity contribution in [2.24, 2.45) is 5.92 Å². The molecule has 0 spiro atoms. The minimum atomic E-state index is -0.219. The fraction of sp³-hybridized carbons (Fsp3) is 0.348. The second kappa shape index (κ2) is 11.6. The Morgan fingerprint density at radius 2 is 1.57 bits per heavy atom. The van der Waals surface area contributed by atoms with Crippen molar-refractivity contribution in [2.75, 3.05) is 29.0 Å². The van der Waals surface area contributed by atoms with Crippen molar-refractivity contribution in [3.05, 3.63) is 54.1 Å². The highest BCUT2D eigenvalue weighted by Gasteiger charge is 2.09. The van der Waals surface area contributed by atoms with Gasteiger partial charge in [-0.15, -0.1) is 0 Å². The lowest BCUT2D eigenvalue weighted by molar-refractivity contribution is -0.119. The van der Waals surface area contributed by atoms with E-state index in [1.165, 1.54) is 0 Å². The maximum Gasteiger partial charge on any atom is 0.251 e. The van der Waals surface area contributed by atoms with E-state index in [4.69, 9.17) is 0 Å². The standard InChI is InChI=1S/C23H30N4O3/c1-4-5-13-24-23(30)17-9-11-18(12-10-17)25-15-21(28)26-19-7-6-8-20(14-19)27-22(29)16(2)3/h6-12,14,16,25H,4-5,13,15H2,1-3H3,(H,24,30)(H,26,28)(H,27,29). The molecular formula is C23H30N4O3. The molecule has 160 valence electrons. The Kier molecular flexibility index (Phi) is 8.87. The number of amides is 3. The van der Waals surface area contributed by atoms with E-state index in [-0.39, 0.29) is 30.2 Å². The van der Waals surface area contributed by atoms with Crippen molar-refractivity contribution in [3.8, 4) is 0 Å². The van der Waals surface area contributed by atoms with Gasteiger partial charge in [-0.3, -0.25) is 14.4 Å². The molecule has 2 rings (SSSR count). The number of nitrogens with one attached hydrogen (secondary N) is 4. The first-order valence-electron chi connectivity index (χ1n) is 10.2. The Morgan fingerprint density at radius 3 is 2.20 bits per heavy atom. The molecule has 0 aromatic heterocycles. The van der Waals surface area contributed by atoms with Crippen LogP contribution in [0.3, 0.4) is 0 Å². The van der Waals surface area contributed by atoms with Gasteiger partial charge in [0.1, 0.15) is 0 Å². The van der Waals surface area contributed by atoms with Crippen LogP contribution >= 0.6 is 0 Å². The summed E-state index contributed by atoms with van der Waals surface area (Å²) in [6.07, 6.45) is 1.98. The van der Waals surface area contributed by atoms with Crippen molar-refractivity contribution in [2.45, 2.75) is 33.6 Å². The van der Waals surface area contributed by atoms with Crippen molar-refractivity contribution >= 4 is 34.8 Å². The van der Waals surface area contributed by atoms with Gasteiger partial charge in [-0.1, -0.05) is 33.3 Å². The third kappa shape index (κ3) is 7.58. The van der Waals surface area contributed by atoms with Crippen LogP contribution in [0.5, 0.6) is 0 Å². The number of rotatable bonds is 10. The molecule has 0 bridgehead atoms. The lowest BCUT2D eigenvalue weighted by atomic mass is 10.2. The minimum Gasteiger partial charge on any atom is -0.376 e. The monoisotopic (exact) mass is 410 g/mol. The number of anilines is 3. The average Bonchev–Trinajstić information content (AvgIpc) is 2.73. The van der Waals surface area contributed by atoms with Crippen LogP contribution in [-0.2, 0) is 9.59 Å². The first-order chi connectivity index (χ1) is 14.4. The van der Waals surface area contributed by atoms with Gasteiger partial charge in [0.05, 0.1) is 6.54 Å². The molecule has 0 saturated carbocycles. The summed E-state index contributed by atoms with van der Waals surface area (Å²) in [7, 11) is 0. The predicted molar refractivity (Wildman–Crippen MR) is 121 cm³/mol. The van der Waals surface area contributed by atoms with Crippen molar-refractivity contribution in [1.29, 1.82) is 0 Å². The molecule has 0 aliphatic rings. The summed E-state index contributed by atoms with van der Waals surface area (Å²) in [5.41, 5.74) is 2.56. The largest absolute Gasteiger partial charge is 0.376 e. The van der Waals surface area contributed by atoms with Crippen LogP contribution in [0, 0.1) is 5.92 Å². The summed E-state index contributed by atoms with van der Waals surface area (Å²) >= 11 is 0. The van der Waals surface area contributed by atoms with Gasteiger partial charge in [-0.2, -0.15) is 0 Å². The second-order valence-electron chi connectivity index (χ2n) is 7.31. The summed E-state index contributed by atoms with van der Waals surface area (Å²) in [5.74, 6) is -0.523. The zero-order valence-corrected chi connectivity index (χ0v) is 17.7. The lowest BCUT2D eigenvalue weighted by Gasteiger charge is -2.11. The van der Waals surface area contributed by atoms with Gasteiger partial charge in [0.2, 0.25) is 11.8 Å². The van der Waals surface area contributed by atoms with Gasteiger partial charge in [-0.25, -0.2) is 0 Å². The van der Waals surface area contributed by atoms with Gasteiger partial charge in [-0.05, 0) is 48.9 Å². The molecule has 4 N–H and O–H groups in total. The molecule has 0 radical (unpaired) electrons. The molecule has 0 saturated heterocycles. The van der Waals surface area contributed by atoms with Crippen LogP contribution in [0.4, 0.5) is 17.1 Å². The van der Waals surface area contributed by atoms with Crippen molar-refractivity contribution in [1.82, 2.24) is 5.32 Å². The molecule has 0 unspecified atom stereocenters. The Bertz CT molecular complexity index is 863. The SMILES string of the molecule is CCCCNC(=O)c1ccc(NCC(=O)Nc2cccc(NC(=O)C(C)C)c2)cc1. The Labute approximate surface area is 177 Å². The number of hydrogen-bond donors (Lipinski definition) is 4. The molecule has 3 amide bonds. The highest BCUT2D eigenvalue weighted by molar-refractivity contribution is 5.96. The topological polar surface area (TPSA) is 99.3 Å². The van der Waals surface area contributed by atoms with Crippen LogP contribution < -0.4 is 21.3 Å². The summed E-state index contributed by atoms with van der Waals surface area (Å²) in [5, 5.41) is 11.5. The number of unbranched alkanes of at least 4 members (excludes halogenated alkanes) is 1. The van der Waals surface area contributed by atoms with E-state index < -0.39 is 0 Å².